The highest BCUT2D eigenvalue weighted by Gasteiger charge is 2.34. The van der Waals surface area contributed by atoms with E-state index in [1.165, 1.54) is 0 Å². The Morgan fingerprint density at radius 1 is 1.32 bits per heavy atom. The Morgan fingerprint density at radius 2 is 1.95 bits per heavy atom. The molecule has 0 aliphatic heterocycles. The van der Waals surface area contributed by atoms with Crippen LogP contribution in [0, 0.1) is 11.8 Å². The molecule has 1 aliphatic carbocycles. The Balaban J connectivity index is 2.01. The molecular formula is C17H25NO4. The average molecular weight is 307 g/mol. The van der Waals surface area contributed by atoms with Gasteiger partial charge in [-0.1, -0.05) is 13.0 Å². The fraction of sp³-hybridized carbons (Fsp3) is 0.588. The third-order valence-electron chi connectivity index (χ3n) is 4.33. The molecule has 0 saturated heterocycles. The second kappa shape index (κ2) is 7.01. The maximum absolute atomic E-state index is 12.3. The van der Waals surface area contributed by atoms with Crippen LogP contribution in [0.2, 0.25) is 0 Å². The number of rotatable bonds is 7. The highest BCUT2D eigenvalue weighted by Crippen LogP contribution is 2.37. The van der Waals surface area contributed by atoms with Crippen LogP contribution in [0.3, 0.4) is 0 Å². The number of hydrogen-bond donors (Lipinski definition) is 1. The summed E-state index contributed by atoms with van der Waals surface area (Å²) in [4.78, 5) is 13.9. The van der Waals surface area contributed by atoms with E-state index in [4.69, 9.17) is 9.47 Å². The first-order chi connectivity index (χ1) is 10.5. The average Bonchev–Trinajstić information content (AvgIpc) is 3.37. The van der Waals surface area contributed by atoms with Crippen molar-refractivity contribution in [3.8, 4) is 11.5 Å². The van der Waals surface area contributed by atoms with Crippen LogP contribution in [0.4, 0.5) is 0 Å². The van der Waals surface area contributed by atoms with Gasteiger partial charge < -0.3 is 19.5 Å². The van der Waals surface area contributed by atoms with Crippen LogP contribution in [0.1, 0.15) is 31.4 Å². The fourth-order valence-electron chi connectivity index (χ4n) is 2.66. The number of hydrogen-bond acceptors (Lipinski definition) is 4. The number of benzene rings is 1. The van der Waals surface area contributed by atoms with Gasteiger partial charge in [0.1, 0.15) is 0 Å². The Labute approximate surface area is 131 Å². The van der Waals surface area contributed by atoms with Crippen LogP contribution < -0.4 is 9.47 Å². The molecule has 2 atom stereocenters. The Kier molecular flexibility index (Phi) is 5.29. The van der Waals surface area contributed by atoms with E-state index in [0.717, 1.165) is 12.8 Å². The van der Waals surface area contributed by atoms with Gasteiger partial charge in [-0.05, 0) is 36.5 Å². The molecule has 1 aromatic carbocycles. The zero-order valence-electron chi connectivity index (χ0n) is 13.7. The van der Waals surface area contributed by atoms with Gasteiger partial charge in [0.25, 0.3) is 0 Å². The summed E-state index contributed by atoms with van der Waals surface area (Å²) in [6.07, 6.45) is 1.53. The van der Waals surface area contributed by atoms with Crippen molar-refractivity contribution in [3.05, 3.63) is 23.8 Å². The summed E-state index contributed by atoms with van der Waals surface area (Å²) in [5.74, 6) is 1.85. The van der Waals surface area contributed by atoms with E-state index in [0.29, 0.717) is 23.0 Å². The quantitative estimate of drug-likeness (QED) is 0.839. The Bertz CT molecular complexity index is 527. The normalized spacial score (nSPS) is 16.8. The lowest BCUT2D eigenvalue weighted by atomic mass is 10.0. The van der Waals surface area contributed by atoms with Gasteiger partial charge in [0.15, 0.2) is 11.5 Å². The molecule has 0 aromatic heterocycles. The first-order valence-corrected chi connectivity index (χ1v) is 7.62. The highest BCUT2D eigenvalue weighted by atomic mass is 16.5. The molecule has 2 unspecified atom stereocenters. The predicted molar refractivity (Wildman–Crippen MR) is 84.0 cm³/mol. The molecular weight excluding hydrogens is 282 g/mol. The third kappa shape index (κ3) is 3.71. The molecule has 0 radical (unpaired) electrons. The van der Waals surface area contributed by atoms with Gasteiger partial charge in [-0.2, -0.15) is 0 Å². The predicted octanol–water partition coefficient (Wildman–Crippen LogP) is 2.24. The minimum atomic E-state index is -0.750. The Hall–Kier alpha value is -1.75. The second-order valence-corrected chi connectivity index (χ2v) is 5.98. The first kappa shape index (κ1) is 16.6. The van der Waals surface area contributed by atoms with E-state index in [-0.39, 0.29) is 18.4 Å². The summed E-state index contributed by atoms with van der Waals surface area (Å²) in [6.45, 7) is 2.24. The topological polar surface area (TPSA) is 59.0 Å². The van der Waals surface area contributed by atoms with E-state index in [9.17, 15) is 9.90 Å². The van der Waals surface area contributed by atoms with E-state index in [1.807, 2.05) is 6.92 Å². The Morgan fingerprint density at radius 3 is 2.50 bits per heavy atom. The third-order valence-corrected chi connectivity index (χ3v) is 4.33. The summed E-state index contributed by atoms with van der Waals surface area (Å²) in [5, 5.41) is 10.4. The molecule has 5 nitrogen and oxygen atoms in total. The van der Waals surface area contributed by atoms with Crippen LogP contribution in [0.25, 0.3) is 0 Å². The highest BCUT2D eigenvalue weighted by molar-refractivity contribution is 5.78. The maximum Gasteiger partial charge on any atom is 0.225 e. The van der Waals surface area contributed by atoms with Crippen molar-refractivity contribution in [2.45, 2.75) is 25.9 Å². The summed E-state index contributed by atoms with van der Waals surface area (Å²) in [7, 11) is 4.87. The van der Waals surface area contributed by atoms with E-state index < -0.39 is 6.10 Å². The van der Waals surface area contributed by atoms with Crippen molar-refractivity contribution < 1.29 is 19.4 Å². The van der Waals surface area contributed by atoms with Crippen molar-refractivity contribution in [3.63, 3.8) is 0 Å². The van der Waals surface area contributed by atoms with Crippen molar-refractivity contribution in [2.24, 2.45) is 11.8 Å². The van der Waals surface area contributed by atoms with E-state index >= 15 is 0 Å². The van der Waals surface area contributed by atoms with E-state index in [1.54, 1.807) is 44.4 Å². The van der Waals surface area contributed by atoms with Crippen molar-refractivity contribution in [1.29, 1.82) is 0 Å². The number of nitrogens with zero attached hydrogens (tertiary/aromatic N) is 1. The van der Waals surface area contributed by atoms with Gasteiger partial charge in [-0.25, -0.2) is 0 Å². The molecule has 0 heterocycles. The molecule has 1 fully saturated rings. The van der Waals surface area contributed by atoms with Crippen LogP contribution in [0.15, 0.2) is 18.2 Å². The first-order valence-electron chi connectivity index (χ1n) is 7.62. The standard InChI is InChI=1S/C17H25NO4/c1-11(12-5-6-12)17(20)18(2)10-14(19)13-7-8-15(21-3)16(9-13)22-4/h7-9,11-12,14,19H,5-6,10H2,1-4H3. The fourth-order valence-corrected chi connectivity index (χ4v) is 2.66. The van der Waals surface area contributed by atoms with Gasteiger partial charge in [0.05, 0.1) is 26.9 Å². The van der Waals surface area contributed by atoms with Crippen LogP contribution >= 0.6 is 0 Å². The molecule has 1 aromatic rings. The van der Waals surface area contributed by atoms with Crippen molar-refractivity contribution >= 4 is 5.91 Å². The van der Waals surface area contributed by atoms with Crippen molar-refractivity contribution in [1.82, 2.24) is 4.90 Å². The van der Waals surface area contributed by atoms with Crippen molar-refractivity contribution in [2.75, 3.05) is 27.8 Å². The van der Waals surface area contributed by atoms with Crippen LogP contribution in [-0.2, 0) is 4.79 Å². The zero-order valence-corrected chi connectivity index (χ0v) is 13.7. The lowest BCUT2D eigenvalue weighted by Gasteiger charge is -2.24. The summed E-state index contributed by atoms with van der Waals surface area (Å²) >= 11 is 0. The number of aliphatic hydroxyl groups is 1. The number of likely N-dealkylation sites (N-methyl/N-ethyl adjacent to an activating group) is 1. The molecule has 5 heteroatoms. The van der Waals surface area contributed by atoms with Gasteiger partial charge in [-0.3, -0.25) is 4.79 Å². The second-order valence-electron chi connectivity index (χ2n) is 5.98. The molecule has 1 saturated carbocycles. The largest absolute Gasteiger partial charge is 0.493 e. The van der Waals surface area contributed by atoms with Crippen LogP contribution in [0.5, 0.6) is 11.5 Å². The lowest BCUT2D eigenvalue weighted by Crippen LogP contribution is -2.35. The molecule has 1 N–H and O–H groups in total. The lowest BCUT2D eigenvalue weighted by molar-refractivity contribution is -0.135. The number of carbonyl (C=O) groups is 1. The summed E-state index contributed by atoms with van der Waals surface area (Å²) < 4.78 is 10.4. The number of amides is 1. The molecule has 22 heavy (non-hydrogen) atoms. The molecule has 1 amide bonds. The summed E-state index contributed by atoms with van der Waals surface area (Å²) in [6, 6.07) is 5.28. The number of aliphatic hydroxyl groups excluding tert-OH is 1. The van der Waals surface area contributed by atoms with Crippen LogP contribution in [-0.4, -0.2) is 43.7 Å². The monoisotopic (exact) mass is 307 g/mol. The van der Waals surface area contributed by atoms with Gasteiger partial charge >= 0.3 is 0 Å². The molecule has 2 rings (SSSR count). The maximum atomic E-state index is 12.3. The number of carbonyl (C=O) groups excluding carboxylic acids is 1. The summed E-state index contributed by atoms with van der Waals surface area (Å²) in [5.41, 5.74) is 0.705. The van der Waals surface area contributed by atoms with Gasteiger partial charge in [0, 0.05) is 13.0 Å². The van der Waals surface area contributed by atoms with E-state index in [2.05, 4.69) is 0 Å². The smallest absolute Gasteiger partial charge is 0.225 e. The SMILES string of the molecule is COc1ccc(C(O)CN(C)C(=O)C(C)C2CC2)cc1OC. The number of ether oxygens (including phenoxy) is 2. The molecule has 1 aliphatic rings. The zero-order chi connectivity index (χ0) is 16.3. The molecule has 0 spiro atoms. The van der Waals surface area contributed by atoms with Gasteiger partial charge in [0.2, 0.25) is 5.91 Å². The molecule has 0 bridgehead atoms. The minimum absolute atomic E-state index is 0.0441. The minimum Gasteiger partial charge on any atom is -0.493 e. The molecule has 122 valence electrons. The number of methoxy groups -OCH3 is 2. The van der Waals surface area contributed by atoms with Gasteiger partial charge in [-0.15, -0.1) is 0 Å².